The number of ether oxygens (including phenoxy) is 1. The number of H-pyrrole nitrogens is 1. The zero-order chi connectivity index (χ0) is 24.0. The molecular formula is C25H34N4O4. The monoisotopic (exact) mass is 454 g/mol. The van der Waals surface area contributed by atoms with Crippen LogP contribution in [0.1, 0.15) is 75.5 Å². The highest BCUT2D eigenvalue weighted by Gasteiger charge is 2.29. The number of nitrogens with one attached hydrogen (secondary N) is 2. The fourth-order valence-electron chi connectivity index (χ4n) is 4.29. The Kier molecular flexibility index (Phi) is 8.38. The first kappa shape index (κ1) is 24.6. The van der Waals surface area contributed by atoms with Crippen molar-refractivity contribution in [3.8, 4) is 0 Å². The van der Waals surface area contributed by atoms with E-state index in [9.17, 15) is 14.4 Å². The van der Waals surface area contributed by atoms with Gasteiger partial charge in [-0.05, 0) is 63.8 Å². The largest absolute Gasteiger partial charge is 0.380 e. The zero-order valence-corrected chi connectivity index (χ0v) is 20.0. The molecule has 1 saturated heterocycles. The van der Waals surface area contributed by atoms with Gasteiger partial charge in [0.2, 0.25) is 0 Å². The molecule has 0 radical (unpaired) electrons. The first-order valence-corrected chi connectivity index (χ1v) is 11.6. The average molecular weight is 455 g/mol. The molecule has 1 aliphatic heterocycles. The maximum Gasteiger partial charge on any atom is 0.261 e. The molecule has 2 aromatic heterocycles. The van der Waals surface area contributed by atoms with Gasteiger partial charge in [0.1, 0.15) is 5.56 Å². The summed E-state index contributed by atoms with van der Waals surface area (Å²) in [7, 11) is 0. The van der Waals surface area contributed by atoms with Gasteiger partial charge in [0.05, 0.1) is 17.9 Å². The van der Waals surface area contributed by atoms with Crippen molar-refractivity contribution in [2.24, 2.45) is 0 Å². The highest BCUT2D eigenvalue weighted by atomic mass is 16.5. The van der Waals surface area contributed by atoms with Crippen LogP contribution in [0.3, 0.4) is 0 Å². The Hall–Kier alpha value is -3.00. The topological polar surface area (TPSA) is 104 Å². The van der Waals surface area contributed by atoms with Crippen LogP contribution in [0.2, 0.25) is 0 Å². The summed E-state index contributed by atoms with van der Waals surface area (Å²) >= 11 is 0. The summed E-state index contributed by atoms with van der Waals surface area (Å²) in [6, 6.07) is 5.49. The Labute approximate surface area is 194 Å². The minimum Gasteiger partial charge on any atom is -0.380 e. The van der Waals surface area contributed by atoms with E-state index in [-0.39, 0.29) is 28.9 Å². The van der Waals surface area contributed by atoms with Crippen LogP contribution in [0, 0.1) is 20.8 Å². The number of piperidine rings is 1. The number of carbonyl (C=O) groups excluding carboxylic acids is 2. The molecule has 1 fully saturated rings. The minimum absolute atomic E-state index is 0.0726. The van der Waals surface area contributed by atoms with Crippen molar-refractivity contribution in [3.05, 3.63) is 62.3 Å². The first-order chi connectivity index (χ1) is 15.8. The Bertz CT molecular complexity index is 1050. The van der Waals surface area contributed by atoms with Gasteiger partial charge in [0.25, 0.3) is 17.4 Å². The Morgan fingerprint density at radius 2 is 1.91 bits per heavy atom. The van der Waals surface area contributed by atoms with Gasteiger partial charge in [-0.3, -0.25) is 19.4 Å². The Morgan fingerprint density at radius 1 is 1.18 bits per heavy atom. The van der Waals surface area contributed by atoms with Crippen molar-refractivity contribution >= 4 is 11.8 Å². The first-order valence-electron chi connectivity index (χ1n) is 11.6. The van der Waals surface area contributed by atoms with Crippen molar-refractivity contribution in [1.29, 1.82) is 0 Å². The van der Waals surface area contributed by atoms with Crippen LogP contribution in [-0.2, 0) is 4.74 Å². The third kappa shape index (κ3) is 6.07. The number of amides is 2. The van der Waals surface area contributed by atoms with Crippen LogP contribution in [0.4, 0.5) is 0 Å². The van der Waals surface area contributed by atoms with E-state index in [0.717, 1.165) is 23.5 Å². The molecule has 0 saturated carbocycles. The van der Waals surface area contributed by atoms with Crippen molar-refractivity contribution in [1.82, 2.24) is 20.2 Å². The lowest BCUT2D eigenvalue weighted by Gasteiger charge is -2.32. The van der Waals surface area contributed by atoms with Crippen LogP contribution in [0.25, 0.3) is 0 Å². The van der Waals surface area contributed by atoms with Crippen molar-refractivity contribution in [3.63, 3.8) is 0 Å². The summed E-state index contributed by atoms with van der Waals surface area (Å²) in [5, 5.41) is 2.92. The predicted molar refractivity (Wildman–Crippen MR) is 127 cm³/mol. The summed E-state index contributed by atoms with van der Waals surface area (Å²) < 4.78 is 5.44. The summed E-state index contributed by atoms with van der Waals surface area (Å²) in [4.78, 5) is 47.3. The average Bonchev–Trinajstić information content (AvgIpc) is 2.78. The number of nitrogens with zero attached hydrogens (tertiary/aromatic N) is 2. The fourth-order valence-corrected chi connectivity index (χ4v) is 4.29. The molecule has 2 amide bonds. The van der Waals surface area contributed by atoms with Crippen molar-refractivity contribution in [2.75, 3.05) is 32.8 Å². The molecule has 0 spiro atoms. The second-order valence-electron chi connectivity index (χ2n) is 8.66. The number of pyridine rings is 2. The summed E-state index contributed by atoms with van der Waals surface area (Å²) in [5.41, 5.74) is 3.49. The van der Waals surface area contributed by atoms with Gasteiger partial charge < -0.3 is 19.9 Å². The summed E-state index contributed by atoms with van der Waals surface area (Å²) in [5.74, 6) is -0.323. The lowest BCUT2D eigenvalue weighted by Crippen LogP contribution is -2.41. The van der Waals surface area contributed by atoms with E-state index in [4.69, 9.17) is 9.72 Å². The molecule has 8 nitrogen and oxygen atoms in total. The molecule has 0 bridgehead atoms. The normalized spacial score (nSPS) is 14.4. The quantitative estimate of drug-likeness (QED) is 0.597. The van der Waals surface area contributed by atoms with E-state index in [1.54, 1.807) is 18.7 Å². The lowest BCUT2D eigenvalue weighted by atomic mass is 9.89. The highest BCUT2D eigenvalue weighted by Crippen LogP contribution is 2.30. The van der Waals surface area contributed by atoms with Crippen LogP contribution < -0.4 is 10.9 Å². The molecule has 0 aromatic carbocycles. The minimum atomic E-state index is -0.346. The van der Waals surface area contributed by atoms with Gasteiger partial charge in [0, 0.05) is 43.5 Å². The van der Waals surface area contributed by atoms with Gasteiger partial charge in [-0.2, -0.15) is 0 Å². The molecule has 0 unspecified atom stereocenters. The highest BCUT2D eigenvalue weighted by molar-refractivity contribution is 5.96. The Balaban J connectivity index is 1.68. The lowest BCUT2D eigenvalue weighted by molar-refractivity contribution is 0.0707. The SMILES string of the molecule is CCCOCCNC(=O)c1ccc(C)nc1C1CCN(C(=O)c2c(C)cc(C)[nH]c2=O)CC1. The molecule has 33 heavy (non-hydrogen) atoms. The van der Waals surface area contributed by atoms with E-state index in [0.29, 0.717) is 56.8 Å². The number of hydrogen-bond donors (Lipinski definition) is 2. The summed E-state index contributed by atoms with van der Waals surface area (Å²) in [6.45, 7) is 10.2. The number of aromatic amines is 1. The van der Waals surface area contributed by atoms with Crippen molar-refractivity contribution in [2.45, 2.75) is 52.9 Å². The molecular weight excluding hydrogens is 420 g/mol. The smallest absolute Gasteiger partial charge is 0.261 e. The Morgan fingerprint density at radius 3 is 2.58 bits per heavy atom. The zero-order valence-electron chi connectivity index (χ0n) is 20.0. The molecule has 0 aliphatic carbocycles. The predicted octanol–water partition coefficient (Wildman–Crippen LogP) is 2.87. The third-order valence-corrected chi connectivity index (χ3v) is 5.94. The molecule has 178 valence electrons. The molecule has 1 aliphatic rings. The second-order valence-corrected chi connectivity index (χ2v) is 8.66. The van der Waals surface area contributed by atoms with Gasteiger partial charge in [-0.25, -0.2) is 0 Å². The molecule has 3 heterocycles. The number of carbonyl (C=O) groups is 2. The summed E-state index contributed by atoms with van der Waals surface area (Å²) in [6.07, 6.45) is 2.31. The molecule has 2 aromatic rings. The molecule has 0 atom stereocenters. The van der Waals surface area contributed by atoms with Gasteiger partial charge in [-0.1, -0.05) is 6.92 Å². The van der Waals surface area contributed by atoms with Crippen molar-refractivity contribution < 1.29 is 14.3 Å². The number of aryl methyl sites for hydroxylation is 3. The number of likely N-dealkylation sites (tertiary alicyclic amines) is 1. The van der Waals surface area contributed by atoms with E-state index in [1.807, 2.05) is 32.0 Å². The third-order valence-electron chi connectivity index (χ3n) is 5.94. The van der Waals surface area contributed by atoms with Crippen LogP contribution in [-0.4, -0.2) is 59.5 Å². The standard InChI is InChI=1S/C25H34N4O4/c1-5-13-33-14-10-26-23(30)20-7-6-17(3)27-22(20)19-8-11-29(12-9-19)25(32)21-16(2)15-18(4)28-24(21)31/h6-7,15,19H,5,8-14H2,1-4H3,(H,26,30)(H,28,31). The number of aromatic nitrogens is 2. The molecule has 2 N–H and O–H groups in total. The molecule has 3 rings (SSSR count). The van der Waals surface area contributed by atoms with Crippen LogP contribution >= 0.6 is 0 Å². The number of hydrogen-bond acceptors (Lipinski definition) is 5. The van der Waals surface area contributed by atoms with E-state index in [1.165, 1.54) is 0 Å². The van der Waals surface area contributed by atoms with Crippen LogP contribution in [0.15, 0.2) is 23.0 Å². The van der Waals surface area contributed by atoms with Gasteiger partial charge in [0.15, 0.2) is 0 Å². The van der Waals surface area contributed by atoms with Gasteiger partial charge >= 0.3 is 0 Å². The second kappa shape index (κ2) is 11.2. The van der Waals surface area contributed by atoms with E-state index >= 15 is 0 Å². The maximum absolute atomic E-state index is 13.0. The number of rotatable bonds is 8. The molecule has 8 heteroatoms. The van der Waals surface area contributed by atoms with E-state index < -0.39 is 0 Å². The fraction of sp³-hybridized carbons (Fsp3) is 0.520. The maximum atomic E-state index is 13.0. The van der Waals surface area contributed by atoms with E-state index in [2.05, 4.69) is 10.3 Å². The van der Waals surface area contributed by atoms with Gasteiger partial charge in [-0.15, -0.1) is 0 Å². The van der Waals surface area contributed by atoms with Crippen LogP contribution in [0.5, 0.6) is 0 Å².